The van der Waals surface area contributed by atoms with E-state index < -0.39 is 6.03 Å². The molecular formula is C18H22N4O3S. The van der Waals surface area contributed by atoms with Crippen molar-refractivity contribution in [2.24, 2.45) is 5.73 Å². The van der Waals surface area contributed by atoms with Gasteiger partial charge in [0, 0.05) is 17.5 Å². The Morgan fingerprint density at radius 1 is 1.31 bits per heavy atom. The number of amides is 3. The summed E-state index contributed by atoms with van der Waals surface area (Å²) < 4.78 is 5.17. The van der Waals surface area contributed by atoms with Gasteiger partial charge < -0.3 is 21.1 Å². The number of benzene rings is 1. The summed E-state index contributed by atoms with van der Waals surface area (Å²) in [5.41, 5.74) is 6.62. The van der Waals surface area contributed by atoms with E-state index in [9.17, 15) is 9.59 Å². The van der Waals surface area contributed by atoms with Crippen LogP contribution in [-0.4, -0.2) is 38.2 Å². The molecule has 1 aromatic carbocycles. The molecule has 1 atom stereocenters. The second kappa shape index (κ2) is 8.20. The first kappa shape index (κ1) is 18.2. The number of rotatable bonds is 5. The zero-order chi connectivity index (χ0) is 18.5. The number of hydrogen-bond donors (Lipinski definition) is 4. The Hall–Kier alpha value is -2.58. The molecule has 2 heterocycles. The van der Waals surface area contributed by atoms with Gasteiger partial charge in [-0.15, -0.1) is 11.3 Å². The van der Waals surface area contributed by atoms with Crippen molar-refractivity contribution in [1.29, 1.82) is 0 Å². The predicted molar refractivity (Wildman–Crippen MR) is 103 cm³/mol. The summed E-state index contributed by atoms with van der Waals surface area (Å²) in [6.07, 6.45) is 1.96. The monoisotopic (exact) mass is 374 g/mol. The number of nitrogens with one attached hydrogen (secondary N) is 3. The fraction of sp³-hybridized carbons (Fsp3) is 0.333. The zero-order valence-corrected chi connectivity index (χ0v) is 15.3. The first-order valence-corrected chi connectivity index (χ1v) is 9.25. The predicted octanol–water partition coefficient (Wildman–Crippen LogP) is 2.40. The number of urea groups is 1. The maximum atomic E-state index is 12.7. The molecule has 1 aromatic heterocycles. The second-order valence-electron chi connectivity index (χ2n) is 6.09. The molecule has 0 saturated carbocycles. The number of piperidine rings is 1. The second-order valence-corrected chi connectivity index (χ2v) is 7.14. The quantitative estimate of drug-likeness (QED) is 0.645. The summed E-state index contributed by atoms with van der Waals surface area (Å²) >= 11 is 1.32. The maximum absolute atomic E-state index is 12.7. The Kier molecular flexibility index (Phi) is 5.75. The summed E-state index contributed by atoms with van der Waals surface area (Å²) in [4.78, 5) is 24.9. The average Bonchev–Trinajstić information content (AvgIpc) is 3.06. The molecule has 2 aromatic rings. The number of nitrogens with two attached hydrogens (primary N) is 1. The summed E-state index contributed by atoms with van der Waals surface area (Å²) in [5, 5.41) is 9.30. The summed E-state index contributed by atoms with van der Waals surface area (Å²) in [6.45, 7) is 1.72. The standard InChI is InChI=1S/C18H22N4O3S/c1-25-13-6-4-11(5-7-13)15-9-14(17(26-15)22-18(19)24)16(23)21-12-3-2-8-20-10-12/h4-7,9,12,20H,2-3,8,10H2,1H3,(H,21,23)(H3,19,22,24)/t12-/m1/s1. The fourth-order valence-electron chi connectivity index (χ4n) is 2.90. The first-order valence-electron chi connectivity index (χ1n) is 8.43. The highest BCUT2D eigenvalue weighted by atomic mass is 32.1. The van der Waals surface area contributed by atoms with Crippen LogP contribution in [0.15, 0.2) is 30.3 Å². The van der Waals surface area contributed by atoms with Crippen LogP contribution in [0.5, 0.6) is 5.75 Å². The highest BCUT2D eigenvalue weighted by Gasteiger charge is 2.22. The largest absolute Gasteiger partial charge is 0.497 e. The van der Waals surface area contributed by atoms with E-state index in [1.807, 2.05) is 24.3 Å². The smallest absolute Gasteiger partial charge is 0.317 e. The number of carbonyl (C=O) groups excluding carboxylic acids is 2. The SMILES string of the molecule is COc1ccc(-c2cc(C(=O)N[C@@H]3CCCNC3)c(NC(N)=O)s2)cc1. The number of hydrogen-bond acceptors (Lipinski definition) is 5. The number of carbonyl (C=O) groups is 2. The van der Waals surface area contributed by atoms with Crippen LogP contribution in [0.3, 0.4) is 0 Å². The van der Waals surface area contributed by atoms with Crippen LogP contribution in [0.1, 0.15) is 23.2 Å². The molecule has 3 amide bonds. The molecule has 1 aliphatic heterocycles. The molecule has 0 aliphatic carbocycles. The maximum Gasteiger partial charge on any atom is 0.317 e. The Labute approximate surface area is 155 Å². The van der Waals surface area contributed by atoms with Gasteiger partial charge in [-0.1, -0.05) is 0 Å². The Morgan fingerprint density at radius 3 is 2.69 bits per heavy atom. The average molecular weight is 374 g/mol. The molecular weight excluding hydrogens is 352 g/mol. The fourth-order valence-corrected chi connectivity index (χ4v) is 3.96. The van der Waals surface area contributed by atoms with E-state index in [0.717, 1.165) is 42.1 Å². The van der Waals surface area contributed by atoms with Gasteiger partial charge >= 0.3 is 6.03 Å². The summed E-state index contributed by atoms with van der Waals surface area (Å²) in [7, 11) is 1.61. The van der Waals surface area contributed by atoms with E-state index in [0.29, 0.717) is 10.6 Å². The van der Waals surface area contributed by atoms with E-state index in [1.54, 1.807) is 13.2 Å². The van der Waals surface area contributed by atoms with Crippen molar-refractivity contribution in [1.82, 2.24) is 10.6 Å². The molecule has 26 heavy (non-hydrogen) atoms. The van der Waals surface area contributed by atoms with Gasteiger partial charge in [0.15, 0.2) is 0 Å². The molecule has 0 unspecified atom stereocenters. The van der Waals surface area contributed by atoms with Crippen LogP contribution < -0.4 is 26.4 Å². The van der Waals surface area contributed by atoms with E-state index >= 15 is 0 Å². The minimum absolute atomic E-state index is 0.0852. The lowest BCUT2D eigenvalue weighted by molar-refractivity contribution is 0.0932. The van der Waals surface area contributed by atoms with Crippen LogP contribution in [0, 0.1) is 0 Å². The number of primary amides is 1. The molecule has 1 fully saturated rings. The van der Waals surface area contributed by atoms with Crippen LogP contribution in [0.2, 0.25) is 0 Å². The van der Waals surface area contributed by atoms with Gasteiger partial charge in [0.1, 0.15) is 10.8 Å². The summed E-state index contributed by atoms with van der Waals surface area (Å²) in [5.74, 6) is 0.544. The molecule has 0 bridgehead atoms. The number of anilines is 1. The van der Waals surface area contributed by atoms with Crippen molar-refractivity contribution in [3.8, 4) is 16.2 Å². The lowest BCUT2D eigenvalue weighted by atomic mass is 10.1. The van der Waals surface area contributed by atoms with Crippen LogP contribution in [0.4, 0.5) is 9.80 Å². The lowest BCUT2D eigenvalue weighted by Gasteiger charge is -2.23. The van der Waals surface area contributed by atoms with Gasteiger partial charge in [-0.2, -0.15) is 0 Å². The van der Waals surface area contributed by atoms with Crippen molar-refractivity contribution in [2.75, 3.05) is 25.5 Å². The third-order valence-electron chi connectivity index (χ3n) is 4.22. The van der Waals surface area contributed by atoms with Gasteiger partial charge in [0.05, 0.1) is 12.7 Å². The van der Waals surface area contributed by atoms with E-state index in [-0.39, 0.29) is 11.9 Å². The summed E-state index contributed by atoms with van der Waals surface area (Å²) in [6, 6.07) is 8.69. The van der Waals surface area contributed by atoms with Crippen LogP contribution in [-0.2, 0) is 0 Å². The van der Waals surface area contributed by atoms with Gasteiger partial charge in [-0.05, 0) is 55.3 Å². The third kappa shape index (κ3) is 4.33. The van der Waals surface area contributed by atoms with E-state index in [4.69, 9.17) is 10.5 Å². The lowest BCUT2D eigenvalue weighted by Crippen LogP contribution is -2.45. The highest BCUT2D eigenvalue weighted by Crippen LogP contribution is 2.36. The van der Waals surface area contributed by atoms with Gasteiger partial charge in [0.25, 0.3) is 5.91 Å². The molecule has 1 saturated heterocycles. The van der Waals surface area contributed by atoms with Crippen LogP contribution >= 0.6 is 11.3 Å². The van der Waals surface area contributed by atoms with E-state index in [1.165, 1.54) is 11.3 Å². The third-order valence-corrected chi connectivity index (χ3v) is 5.32. The van der Waals surface area contributed by atoms with Crippen molar-refractivity contribution in [2.45, 2.75) is 18.9 Å². The topological polar surface area (TPSA) is 105 Å². The molecule has 8 heteroatoms. The van der Waals surface area contributed by atoms with Gasteiger partial charge in [-0.3, -0.25) is 10.1 Å². The first-order chi connectivity index (χ1) is 12.6. The Bertz CT molecular complexity index is 782. The molecule has 138 valence electrons. The highest BCUT2D eigenvalue weighted by molar-refractivity contribution is 7.20. The number of methoxy groups -OCH3 is 1. The van der Waals surface area contributed by atoms with Crippen molar-refractivity contribution in [3.63, 3.8) is 0 Å². The van der Waals surface area contributed by atoms with Gasteiger partial charge in [0.2, 0.25) is 0 Å². The number of thiophene rings is 1. The minimum Gasteiger partial charge on any atom is -0.497 e. The zero-order valence-electron chi connectivity index (χ0n) is 14.5. The van der Waals surface area contributed by atoms with Crippen molar-refractivity contribution in [3.05, 3.63) is 35.9 Å². The Balaban J connectivity index is 1.85. The Morgan fingerprint density at radius 2 is 2.08 bits per heavy atom. The molecule has 3 rings (SSSR count). The minimum atomic E-state index is -0.693. The molecule has 1 aliphatic rings. The molecule has 0 radical (unpaired) electrons. The van der Waals surface area contributed by atoms with Gasteiger partial charge in [-0.25, -0.2) is 4.79 Å². The normalized spacial score (nSPS) is 16.7. The van der Waals surface area contributed by atoms with Crippen molar-refractivity contribution < 1.29 is 14.3 Å². The number of ether oxygens (including phenoxy) is 1. The molecule has 5 N–H and O–H groups in total. The molecule has 0 spiro atoms. The van der Waals surface area contributed by atoms with Crippen LogP contribution in [0.25, 0.3) is 10.4 Å². The van der Waals surface area contributed by atoms with E-state index in [2.05, 4.69) is 16.0 Å². The molecule has 7 nitrogen and oxygen atoms in total. The van der Waals surface area contributed by atoms with Crippen molar-refractivity contribution >= 4 is 28.3 Å².